The molecule has 0 fully saturated rings. The van der Waals surface area contributed by atoms with Crippen LogP contribution in [0.5, 0.6) is 23.0 Å². The maximum atomic E-state index is 12.6. The minimum atomic E-state index is -2.89. The van der Waals surface area contributed by atoms with Gasteiger partial charge in [-0.3, -0.25) is 4.99 Å². The number of hydrogen-bond acceptors (Lipinski definition) is 5. The fourth-order valence-electron chi connectivity index (χ4n) is 2.88. The number of methoxy groups -OCH3 is 3. The molecule has 164 valence electrons. The van der Waals surface area contributed by atoms with Crippen LogP contribution in [0.4, 0.5) is 8.78 Å². The fourth-order valence-corrected chi connectivity index (χ4v) is 2.88. The minimum absolute atomic E-state index is 0.128. The molecule has 0 radical (unpaired) electrons. The first-order valence-electron chi connectivity index (χ1n) is 9.19. The molecule has 0 aliphatic rings. The number of halogens is 2. The third-order valence-corrected chi connectivity index (χ3v) is 4.29. The molecule has 2 aromatic rings. The molecule has 2 rings (SSSR count). The highest BCUT2D eigenvalue weighted by molar-refractivity contribution is 5.79. The summed E-state index contributed by atoms with van der Waals surface area (Å²) in [6.07, 6.45) is 0. The van der Waals surface area contributed by atoms with Gasteiger partial charge in [0.1, 0.15) is 5.75 Å². The van der Waals surface area contributed by atoms with E-state index in [9.17, 15) is 8.78 Å². The van der Waals surface area contributed by atoms with Crippen molar-refractivity contribution in [2.75, 3.05) is 28.4 Å². The maximum Gasteiger partial charge on any atom is 0.387 e. The topological polar surface area (TPSA) is 73.3 Å². The zero-order valence-corrected chi connectivity index (χ0v) is 17.7. The first-order valence-corrected chi connectivity index (χ1v) is 9.19. The zero-order valence-electron chi connectivity index (χ0n) is 17.7. The number of guanidine groups is 1. The van der Waals surface area contributed by atoms with Gasteiger partial charge in [0.25, 0.3) is 0 Å². The quantitative estimate of drug-likeness (QED) is 0.475. The van der Waals surface area contributed by atoms with Gasteiger partial charge < -0.3 is 29.6 Å². The van der Waals surface area contributed by atoms with E-state index in [1.807, 2.05) is 19.1 Å². The van der Waals surface area contributed by atoms with Crippen LogP contribution < -0.4 is 29.6 Å². The van der Waals surface area contributed by atoms with Crippen LogP contribution in [0, 0.1) is 6.92 Å². The lowest BCUT2D eigenvalue weighted by molar-refractivity contribution is -0.0504. The summed E-state index contributed by atoms with van der Waals surface area (Å²) in [5.41, 5.74) is 2.42. The lowest BCUT2D eigenvalue weighted by Crippen LogP contribution is -2.36. The van der Waals surface area contributed by atoms with Gasteiger partial charge in [-0.05, 0) is 30.7 Å². The Kier molecular flexibility index (Phi) is 8.52. The van der Waals surface area contributed by atoms with E-state index in [0.29, 0.717) is 35.3 Å². The number of hydrogen-bond donors (Lipinski definition) is 2. The third-order valence-electron chi connectivity index (χ3n) is 4.29. The number of rotatable bonds is 9. The first kappa shape index (κ1) is 23.1. The Morgan fingerprint density at radius 2 is 1.57 bits per heavy atom. The van der Waals surface area contributed by atoms with Crippen LogP contribution in [0.15, 0.2) is 35.3 Å². The van der Waals surface area contributed by atoms with Crippen molar-refractivity contribution in [3.8, 4) is 23.0 Å². The van der Waals surface area contributed by atoms with E-state index in [1.165, 1.54) is 6.07 Å². The highest BCUT2D eigenvalue weighted by Crippen LogP contribution is 2.38. The van der Waals surface area contributed by atoms with Crippen molar-refractivity contribution in [1.29, 1.82) is 0 Å². The van der Waals surface area contributed by atoms with Gasteiger partial charge in [-0.25, -0.2) is 0 Å². The van der Waals surface area contributed by atoms with Crippen LogP contribution in [0.25, 0.3) is 0 Å². The van der Waals surface area contributed by atoms with Crippen molar-refractivity contribution < 1.29 is 27.7 Å². The largest absolute Gasteiger partial charge is 0.493 e. The van der Waals surface area contributed by atoms with Crippen LogP contribution in [-0.2, 0) is 13.1 Å². The van der Waals surface area contributed by atoms with Crippen LogP contribution in [0.3, 0.4) is 0 Å². The van der Waals surface area contributed by atoms with Gasteiger partial charge in [-0.2, -0.15) is 8.78 Å². The second-order valence-electron chi connectivity index (χ2n) is 6.30. The van der Waals surface area contributed by atoms with E-state index >= 15 is 0 Å². The summed E-state index contributed by atoms with van der Waals surface area (Å²) in [4.78, 5) is 4.17. The molecule has 2 aromatic carbocycles. The summed E-state index contributed by atoms with van der Waals surface area (Å²) < 4.78 is 45.9. The average molecular weight is 423 g/mol. The number of aliphatic imine (C=N–C) groups is 1. The highest BCUT2D eigenvalue weighted by Gasteiger charge is 2.14. The summed E-state index contributed by atoms with van der Waals surface area (Å²) in [7, 11) is 6.27. The molecule has 0 amide bonds. The second kappa shape index (κ2) is 11.1. The van der Waals surface area contributed by atoms with Crippen molar-refractivity contribution in [3.63, 3.8) is 0 Å². The lowest BCUT2D eigenvalue weighted by atomic mass is 10.1. The molecule has 0 heterocycles. The second-order valence-corrected chi connectivity index (χ2v) is 6.30. The molecular formula is C21H27F2N3O4. The molecule has 0 aliphatic heterocycles. The lowest BCUT2D eigenvalue weighted by Gasteiger charge is -2.17. The zero-order chi connectivity index (χ0) is 22.1. The standard InChI is InChI=1S/C21H27F2N3O4/c1-13-6-7-16(30-20(22)23)15(8-13)12-26-21(24-2)25-11-14-9-17(27-3)19(29-5)18(10-14)28-4/h6-10,20H,11-12H2,1-5H3,(H2,24,25,26). The number of aryl methyl sites for hydroxylation is 1. The molecule has 2 N–H and O–H groups in total. The van der Waals surface area contributed by atoms with E-state index in [1.54, 1.807) is 40.5 Å². The van der Waals surface area contributed by atoms with E-state index in [-0.39, 0.29) is 12.3 Å². The van der Waals surface area contributed by atoms with Gasteiger partial charge in [-0.15, -0.1) is 0 Å². The number of alkyl halides is 2. The van der Waals surface area contributed by atoms with Gasteiger partial charge >= 0.3 is 6.61 Å². The van der Waals surface area contributed by atoms with Crippen LogP contribution in [0.1, 0.15) is 16.7 Å². The normalized spacial score (nSPS) is 11.3. The van der Waals surface area contributed by atoms with E-state index in [0.717, 1.165) is 11.1 Å². The fraction of sp³-hybridized carbons (Fsp3) is 0.381. The van der Waals surface area contributed by atoms with Gasteiger partial charge in [0.15, 0.2) is 17.5 Å². The molecule has 0 aliphatic carbocycles. The summed E-state index contributed by atoms with van der Waals surface area (Å²) in [6, 6.07) is 8.70. The molecule has 0 atom stereocenters. The molecule has 30 heavy (non-hydrogen) atoms. The molecule has 9 heteroatoms. The predicted octanol–water partition coefficient (Wildman–Crippen LogP) is 3.49. The van der Waals surface area contributed by atoms with Crippen molar-refractivity contribution in [1.82, 2.24) is 10.6 Å². The van der Waals surface area contributed by atoms with Crippen molar-refractivity contribution >= 4 is 5.96 Å². The van der Waals surface area contributed by atoms with E-state index in [4.69, 9.17) is 14.2 Å². The molecule has 7 nitrogen and oxygen atoms in total. The summed E-state index contributed by atoms with van der Waals surface area (Å²) in [5, 5.41) is 6.27. The predicted molar refractivity (Wildman–Crippen MR) is 111 cm³/mol. The Bertz CT molecular complexity index is 850. The minimum Gasteiger partial charge on any atom is -0.493 e. The molecule has 0 spiro atoms. The van der Waals surface area contributed by atoms with E-state index in [2.05, 4.69) is 20.4 Å². The highest BCUT2D eigenvalue weighted by atomic mass is 19.3. The maximum absolute atomic E-state index is 12.6. The van der Waals surface area contributed by atoms with Gasteiger partial charge in [0.2, 0.25) is 5.75 Å². The summed E-state index contributed by atoms with van der Waals surface area (Å²) in [5.74, 6) is 2.23. The molecule has 0 saturated heterocycles. The molecular weight excluding hydrogens is 396 g/mol. The van der Waals surface area contributed by atoms with Crippen LogP contribution in [-0.4, -0.2) is 40.9 Å². The summed E-state index contributed by atoms with van der Waals surface area (Å²) >= 11 is 0. The van der Waals surface area contributed by atoms with Crippen molar-refractivity contribution in [2.45, 2.75) is 26.6 Å². The third kappa shape index (κ3) is 6.13. The smallest absolute Gasteiger partial charge is 0.387 e. The number of benzene rings is 2. The Morgan fingerprint density at radius 3 is 2.10 bits per heavy atom. The Balaban J connectivity index is 2.07. The van der Waals surface area contributed by atoms with Crippen LogP contribution in [0.2, 0.25) is 0 Å². The van der Waals surface area contributed by atoms with Crippen molar-refractivity contribution in [3.05, 3.63) is 47.0 Å². The SMILES string of the molecule is CN=C(NCc1cc(OC)c(OC)c(OC)c1)NCc1cc(C)ccc1OC(F)F. The average Bonchev–Trinajstić information content (AvgIpc) is 2.74. The molecule has 0 saturated carbocycles. The molecule has 0 aromatic heterocycles. The first-order chi connectivity index (χ1) is 14.4. The van der Waals surface area contributed by atoms with Gasteiger partial charge in [-0.1, -0.05) is 17.7 Å². The van der Waals surface area contributed by atoms with E-state index < -0.39 is 6.61 Å². The Hall–Kier alpha value is -3.23. The molecule has 0 unspecified atom stereocenters. The monoisotopic (exact) mass is 423 g/mol. The number of ether oxygens (including phenoxy) is 4. The van der Waals surface area contributed by atoms with Crippen molar-refractivity contribution in [2.24, 2.45) is 4.99 Å². The molecule has 0 bridgehead atoms. The van der Waals surface area contributed by atoms with Crippen LogP contribution >= 0.6 is 0 Å². The Labute approximate surface area is 175 Å². The summed E-state index contributed by atoms with van der Waals surface area (Å²) in [6.45, 7) is -0.319. The number of nitrogens with one attached hydrogen (secondary N) is 2. The van der Waals surface area contributed by atoms with Gasteiger partial charge in [0, 0.05) is 25.7 Å². The van der Waals surface area contributed by atoms with Gasteiger partial charge in [0.05, 0.1) is 21.3 Å². The number of nitrogens with zero attached hydrogens (tertiary/aromatic N) is 1. The Morgan fingerprint density at radius 1 is 0.933 bits per heavy atom.